The van der Waals surface area contributed by atoms with E-state index in [0.29, 0.717) is 12.0 Å². The van der Waals surface area contributed by atoms with Crippen molar-refractivity contribution in [3.63, 3.8) is 0 Å². The fourth-order valence-electron chi connectivity index (χ4n) is 2.36. The minimum atomic E-state index is -0.664. The van der Waals surface area contributed by atoms with Crippen LogP contribution in [0.2, 0.25) is 0 Å². The smallest absolute Gasteiger partial charge is 0.124 e. The fourth-order valence-corrected chi connectivity index (χ4v) is 2.36. The number of aromatic nitrogens is 1. The summed E-state index contributed by atoms with van der Waals surface area (Å²) >= 11 is 0. The first kappa shape index (κ1) is 14.4. The first-order chi connectivity index (χ1) is 10.7. The summed E-state index contributed by atoms with van der Waals surface area (Å²) in [7, 11) is 0. The zero-order valence-electron chi connectivity index (χ0n) is 12.1. The van der Waals surface area contributed by atoms with Gasteiger partial charge in [-0.1, -0.05) is 36.4 Å². The molecule has 0 aliphatic carbocycles. The Hall–Kier alpha value is -2.59. The Morgan fingerprint density at radius 1 is 1.00 bits per heavy atom. The molecule has 0 fully saturated rings. The number of pyridine rings is 1. The van der Waals surface area contributed by atoms with Crippen LogP contribution in [0.3, 0.4) is 0 Å². The van der Waals surface area contributed by atoms with E-state index in [1.807, 2.05) is 42.5 Å². The van der Waals surface area contributed by atoms with Crippen LogP contribution in [0, 0.1) is 5.41 Å². The average molecular weight is 294 g/mol. The average Bonchev–Trinajstić information content (AvgIpc) is 2.55. The number of hydrogen-bond acceptors (Lipinski definition) is 3. The highest BCUT2D eigenvalue weighted by atomic mass is 16.5. The van der Waals surface area contributed by atoms with E-state index in [2.05, 4.69) is 6.07 Å². The molecule has 112 valence electrons. The van der Waals surface area contributed by atoms with E-state index in [1.165, 1.54) is 0 Å². The van der Waals surface area contributed by atoms with Crippen molar-refractivity contribution in [1.82, 2.24) is 4.57 Å². The maximum atomic E-state index is 10.1. The summed E-state index contributed by atoms with van der Waals surface area (Å²) in [6.45, 7) is 0.535. The summed E-state index contributed by atoms with van der Waals surface area (Å²) in [5.41, 5.74) is 0.368. The second kappa shape index (κ2) is 6.45. The number of rotatable bonds is 5. The molecule has 2 N–H and O–H groups in total. The fraction of sp³-hybridized carbons (Fsp3) is 0.167. The highest BCUT2D eigenvalue weighted by Gasteiger charge is 2.07. The molecule has 4 heteroatoms. The molecule has 3 rings (SSSR count). The molecule has 3 aromatic rings. The second-order valence-electron chi connectivity index (χ2n) is 5.21. The molecule has 0 saturated heterocycles. The highest BCUT2D eigenvalue weighted by molar-refractivity contribution is 5.83. The van der Waals surface area contributed by atoms with Gasteiger partial charge in [-0.05, 0) is 35.0 Å². The predicted molar refractivity (Wildman–Crippen MR) is 85.7 cm³/mol. The molecule has 1 unspecified atom stereocenters. The lowest BCUT2D eigenvalue weighted by Gasteiger charge is -2.14. The summed E-state index contributed by atoms with van der Waals surface area (Å²) in [5.74, 6) is 0.738. The van der Waals surface area contributed by atoms with Crippen LogP contribution in [-0.2, 0) is 6.54 Å². The first-order valence-corrected chi connectivity index (χ1v) is 7.22. The summed E-state index contributed by atoms with van der Waals surface area (Å²) in [4.78, 5) is 0. The zero-order chi connectivity index (χ0) is 15.4. The number of benzene rings is 2. The van der Waals surface area contributed by atoms with E-state index in [0.717, 1.165) is 16.5 Å². The summed E-state index contributed by atoms with van der Waals surface area (Å²) in [6, 6.07) is 19.3. The lowest BCUT2D eigenvalue weighted by molar-refractivity contribution is 0.0913. The number of nitrogens with zero attached hydrogens (tertiary/aromatic N) is 1. The van der Waals surface area contributed by atoms with Gasteiger partial charge in [0, 0.05) is 6.20 Å². The van der Waals surface area contributed by atoms with Crippen LogP contribution in [0.15, 0.2) is 66.9 Å². The summed E-state index contributed by atoms with van der Waals surface area (Å²) < 4.78 is 7.35. The molecule has 2 aromatic carbocycles. The Morgan fingerprint density at radius 2 is 1.77 bits per heavy atom. The van der Waals surface area contributed by atoms with Crippen LogP contribution in [0.4, 0.5) is 0 Å². The van der Waals surface area contributed by atoms with Gasteiger partial charge in [-0.3, -0.25) is 5.41 Å². The van der Waals surface area contributed by atoms with E-state index in [1.54, 1.807) is 22.9 Å². The summed E-state index contributed by atoms with van der Waals surface area (Å²) in [5, 5.41) is 20.1. The maximum absolute atomic E-state index is 10.1. The topological polar surface area (TPSA) is 58.2 Å². The van der Waals surface area contributed by atoms with Crippen molar-refractivity contribution in [1.29, 1.82) is 5.41 Å². The van der Waals surface area contributed by atoms with Crippen LogP contribution in [0.25, 0.3) is 10.8 Å². The van der Waals surface area contributed by atoms with Gasteiger partial charge in [0.2, 0.25) is 0 Å². The van der Waals surface area contributed by atoms with Gasteiger partial charge >= 0.3 is 0 Å². The van der Waals surface area contributed by atoms with Crippen LogP contribution < -0.4 is 10.2 Å². The van der Waals surface area contributed by atoms with Gasteiger partial charge < -0.3 is 14.4 Å². The molecule has 0 spiro atoms. The molecule has 1 aromatic heterocycles. The van der Waals surface area contributed by atoms with Crippen molar-refractivity contribution in [3.05, 3.63) is 72.3 Å². The SMILES string of the molecule is N=c1ccccn1CC(O)COc1ccc2ccccc2c1. The predicted octanol–water partition coefficient (Wildman–Crippen LogP) is 2.56. The molecule has 0 saturated carbocycles. The molecule has 0 amide bonds. The van der Waals surface area contributed by atoms with Gasteiger partial charge in [-0.25, -0.2) is 0 Å². The Bertz CT molecular complexity index is 826. The highest BCUT2D eigenvalue weighted by Crippen LogP contribution is 2.20. The zero-order valence-corrected chi connectivity index (χ0v) is 12.1. The van der Waals surface area contributed by atoms with Gasteiger partial charge in [0.05, 0.1) is 6.54 Å². The third kappa shape index (κ3) is 3.35. The number of fused-ring (bicyclic) bond motifs is 1. The maximum Gasteiger partial charge on any atom is 0.124 e. The monoisotopic (exact) mass is 294 g/mol. The molecule has 0 aliphatic heterocycles. The molecule has 1 heterocycles. The van der Waals surface area contributed by atoms with Crippen LogP contribution in [0.1, 0.15) is 0 Å². The van der Waals surface area contributed by atoms with E-state index >= 15 is 0 Å². The Balaban J connectivity index is 1.63. The first-order valence-electron chi connectivity index (χ1n) is 7.22. The molecular formula is C18H18N2O2. The third-order valence-corrected chi connectivity index (χ3v) is 3.51. The lowest BCUT2D eigenvalue weighted by Crippen LogP contribution is -2.29. The van der Waals surface area contributed by atoms with Gasteiger partial charge in [0.15, 0.2) is 0 Å². The minimum Gasteiger partial charge on any atom is -0.491 e. The molecular weight excluding hydrogens is 276 g/mol. The molecule has 0 bridgehead atoms. The summed E-state index contributed by atoms with van der Waals surface area (Å²) in [6.07, 6.45) is 1.12. The van der Waals surface area contributed by atoms with Crippen LogP contribution in [0.5, 0.6) is 5.75 Å². The molecule has 22 heavy (non-hydrogen) atoms. The van der Waals surface area contributed by atoms with Gasteiger partial charge in [-0.15, -0.1) is 0 Å². The van der Waals surface area contributed by atoms with Crippen molar-refractivity contribution in [2.24, 2.45) is 0 Å². The van der Waals surface area contributed by atoms with Crippen molar-refractivity contribution in [3.8, 4) is 5.75 Å². The van der Waals surface area contributed by atoms with Crippen molar-refractivity contribution >= 4 is 10.8 Å². The Kier molecular flexibility index (Phi) is 4.21. The van der Waals surface area contributed by atoms with Gasteiger partial charge in [-0.2, -0.15) is 0 Å². The van der Waals surface area contributed by atoms with Crippen molar-refractivity contribution in [2.45, 2.75) is 12.6 Å². The molecule has 4 nitrogen and oxygen atoms in total. The standard InChI is InChI=1S/C18H18N2O2/c19-18-7-3-4-10-20(18)12-16(21)13-22-17-9-8-14-5-1-2-6-15(14)11-17/h1-11,16,19,21H,12-13H2. The number of aliphatic hydroxyl groups excluding tert-OH is 1. The normalized spacial score (nSPS) is 12.2. The molecule has 0 aliphatic rings. The van der Waals surface area contributed by atoms with E-state index in [4.69, 9.17) is 10.1 Å². The van der Waals surface area contributed by atoms with E-state index in [9.17, 15) is 5.11 Å². The molecule has 1 atom stereocenters. The van der Waals surface area contributed by atoms with Crippen LogP contribution >= 0.6 is 0 Å². The largest absolute Gasteiger partial charge is 0.491 e. The van der Waals surface area contributed by atoms with Gasteiger partial charge in [0.25, 0.3) is 0 Å². The van der Waals surface area contributed by atoms with E-state index in [-0.39, 0.29) is 6.61 Å². The quantitative estimate of drug-likeness (QED) is 0.760. The molecule has 0 radical (unpaired) electrons. The van der Waals surface area contributed by atoms with Crippen molar-refractivity contribution in [2.75, 3.05) is 6.61 Å². The number of hydrogen-bond donors (Lipinski definition) is 2. The van der Waals surface area contributed by atoms with E-state index < -0.39 is 6.10 Å². The minimum absolute atomic E-state index is 0.194. The number of ether oxygens (including phenoxy) is 1. The second-order valence-corrected chi connectivity index (χ2v) is 5.21. The third-order valence-electron chi connectivity index (χ3n) is 3.51. The van der Waals surface area contributed by atoms with Crippen LogP contribution in [-0.4, -0.2) is 22.4 Å². The van der Waals surface area contributed by atoms with Crippen molar-refractivity contribution < 1.29 is 9.84 Å². The van der Waals surface area contributed by atoms with Gasteiger partial charge in [0.1, 0.15) is 23.9 Å². The lowest BCUT2D eigenvalue weighted by atomic mass is 10.1. The number of aliphatic hydroxyl groups is 1. The Labute approximate surface area is 128 Å². The number of nitrogens with one attached hydrogen (secondary N) is 1. The Morgan fingerprint density at radius 3 is 2.59 bits per heavy atom.